The number of nitrogens with zero attached hydrogens (tertiary/aromatic N) is 1. The van der Waals surface area contributed by atoms with Gasteiger partial charge in [0.1, 0.15) is 0 Å². The Balaban J connectivity index is 1.92. The largest absolute Gasteiger partial charge is 0.391 e. The predicted octanol–water partition coefficient (Wildman–Crippen LogP) is 1.97. The summed E-state index contributed by atoms with van der Waals surface area (Å²) in [5, 5.41) is 3.17. The molecule has 1 saturated heterocycles. The van der Waals surface area contributed by atoms with Crippen molar-refractivity contribution >= 4 is 0 Å². The van der Waals surface area contributed by atoms with Crippen LogP contribution in [0.25, 0.3) is 0 Å². The molecular formula is C10H17F3N2. The van der Waals surface area contributed by atoms with Gasteiger partial charge in [0.15, 0.2) is 0 Å². The molecule has 1 aliphatic heterocycles. The Morgan fingerprint density at radius 1 is 1.20 bits per heavy atom. The van der Waals surface area contributed by atoms with Gasteiger partial charge in [-0.2, -0.15) is 13.2 Å². The fourth-order valence-corrected chi connectivity index (χ4v) is 2.63. The Morgan fingerprint density at radius 3 is 2.60 bits per heavy atom. The first-order chi connectivity index (χ1) is 7.07. The Labute approximate surface area is 87.8 Å². The maximum atomic E-state index is 12.6. The first kappa shape index (κ1) is 11.2. The van der Waals surface area contributed by atoms with Gasteiger partial charge in [-0.05, 0) is 19.3 Å². The van der Waals surface area contributed by atoms with Crippen LogP contribution >= 0.6 is 0 Å². The summed E-state index contributed by atoms with van der Waals surface area (Å²) in [4.78, 5) is 2.15. The van der Waals surface area contributed by atoms with Crippen LogP contribution in [0.4, 0.5) is 13.2 Å². The lowest BCUT2D eigenvalue weighted by Gasteiger charge is -2.35. The second-order valence-corrected chi connectivity index (χ2v) is 4.53. The van der Waals surface area contributed by atoms with Gasteiger partial charge in [0.2, 0.25) is 0 Å². The molecule has 0 aromatic rings. The molecule has 1 heterocycles. The summed E-state index contributed by atoms with van der Waals surface area (Å²) in [6, 6.07) is 0.139. The zero-order chi connectivity index (χ0) is 10.9. The number of halogens is 3. The van der Waals surface area contributed by atoms with Gasteiger partial charge in [-0.25, -0.2) is 0 Å². The normalized spacial score (nSPS) is 34.6. The molecule has 0 aromatic carbocycles. The maximum absolute atomic E-state index is 12.6. The van der Waals surface area contributed by atoms with Gasteiger partial charge >= 0.3 is 6.18 Å². The lowest BCUT2D eigenvalue weighted by Crippen LogP contribution is -2.41. The maximum Gasteiger partial charge on any atom is 0.391 e. The van der Waals surface area contributed by atoms with Crippen LogP contribution in [0.5, 0.6) is 0 Å². The van der Waals surface area contributed by atoms with Crippen LogP contribution in [0.15, 0.2) is 0 Å². The van der Waals surface area contributed by atoms with E-state index < -0.39 is 12.1 Å². The molecule has 5 heteroatoms. The van der Waals surface area contributed by atoms with E-state index in [-0.39, 0.29) is 6.04 Å². The van der Waals surface area contributed by atoms with Crippen molar-refractivity contribution in [1.82, 2.24) is 10.2 Å². The van der Waals surface area contributed by atoms with Crippen LogP contribution in [0.1, 0.15) is 25.7 Å². The van der Waals surface area contributed by atoms with Gasteiger partial charge in [0.05, 0.1) is 5.92 Å². The topological polar surface area (TPSA) is 15.3 Å². The molecule has 2 fully saturated rings. The SMILES string of the molecule is FC(F)(F)C1CCCC(N2CCNC2)C1. The summed E-state index contributed by atoms with van der Waals surface area (Å²) < 4.78 is 37.7. The predicted molar refractivity (Wildman–Crippen MR) is 51.4 cm³/mol. The lowest BCUT2D eigenvalue weighted by atomic mass is 9.84. The Hall–Kier alpha value is -0.290. The van der Waals surface area contributed by atoms with Gasteiger partial charge in [-0.15, -0.1) is 0 Å². The van der Waals surface area contributed by atoms with E-state index >= 15 is 0 Å². The molecule has 2 aliphatic rings. The van der Waals surface area contributed by atoms with Gasteiger partial charge in [0, 0.05) is 25.8 Å². The van der Waals surface area contributed by atoms with Crippen LogP contribution < -0.4 is 5.32 Å². The molecule has 2 rings (SSSR count). The van der Waals surface area contributed by atoms with Crippen LogP contribution in [0, 0.1) is 5.92 Å². The first-order valence-corrected chi connectivity index (χ1v) is 5.59. The van der Waals surface area contributed by atoms with Crippen LogP contribution in [-0.4, -0.2) is 36.9 Å². The van der Waals surface area contributed by atoms with E-state index in [1.807, 2.05) is 0 Å². The van der Waals surface area contributed by atoms with Crippen molar-refractivity contribution in [2.75, 3.05) is 19.8 Å². The summed E-state index contributed by atoms with van der Waals surface area (Å²) in [6.07, 6.45) is -1.74. The lowest BCUT2D eigenvalue weighted by molar-refractivity contribution is -0.186. The number of hydrogen-bond donors (Lipinski definition) is 1. The van der Waals surface area contributed by atoms with Crippen molar-refractivity contribution < 1.29 is 13.2 Å². The molecule has 88 valence electrons. The van der Waals surface area contributed by atoms with E-state index in [1.165, 1.54) is 0 Å². The Bertz CT molecular complexity index is 211. The van der Waals surface area contributed by atoms with Crippen LogP contribution in [0.2, 0.25) is 0 Å². The standard InChI is InChI=1S/C10H17F3N2/c11-10(12,13)8-2-1-3-9(6-8)15-5-4-14-7-15/h8-9,14H,1-7H2. The van der Waals surface area contributed by atoms with Gasteiger partial charge in [0.25, 0.3) is 0 Å². The minimum absolute atomic E-state index is 0.139. The molecule has 0 aromatic heterocycles. The van der Waals surface area contributed by atoms with E-state index in [0.29, 0.717) is 19.3 Å². The van der Waals surface area contributed by atoms with E-state index in [1.54, 1.807) is 0 Å². The van der Waals surface area contributed by atoms with Crippen molar-refractivity contribution in [1.29, 1.82) is 0 Å². The van der Waals surface area contributed by atoms with E-state index in [9.17, 15) is 13.2 Å². The second-order valence-electron chi connectivity index (χ2n) is 4.53. The molecule has 1 aliphatic carbocycles. The highest BCUT2D eigenvalue weighted by atomic mass is 19.4. The zero-order valence-corrected chi connectivity index (χ0v) is 8.69. The zero-order valence-electron chi connectivity index (χ0n) is 8.69. The molecule has 15 heavy (non-hydrogen) atoms. The van der Waals surface area contributed by atoms with Crippen molar-refractivity contribution in [3.8, 4) is 0 Å². The van der Waals surface area contributed by atoms with Crippen molar-refractivity contribution in [3.63, 3.8) is 0 Å². The smallest absolute Gasteiger partial charge is 0.303 e. The van der Waals surface area contributed by atoms with Crippen LogP contribution in [0.3, 0.4) is 0 Å². The molecule has 0 bridgehead atoms. The quantitative estimate of drug-likeness (QED) is 0.729. The minimum Gasteiger partial charge on any atom is -0.303 e. The fourth-order valence-electron chi connectivity index (χ4n) is 2.63. The average molecular weight is 222 g/mol. The molecule has 2 atom stereocenters. The fraction of sp³-hybridized carbons (Fsp3) is 1.00. The molecule has 0 radical (unpaired) electrons. The summed E-state index contributed by atoms with van der Waals surface area (Å²) in [7, 11) is 0. The highest BCUT2D eigenvalue weighted by Gasteiger charge is 2.43. The van der Waals surface area contributed by atoms with Gasteiger partial charge < -0.3 is 5.32 Å². The number of rotatable bonds is 1. The molecular weight excluding hydrogens is 205 g/mol. The first-order valence-electron chi connectivity index (χ1n) is 5.59. The second kappa shape index (κ2) is 4.29. The van der Waals surface area contributed by atoms with Crippen molar-refractivity contribution in [2.45, 2.75) is 37.9 Å². The van der Waals surface area contributed by atoms with E-state index in [0.717, 1.165) is 26.2 Å². The van der Waals surface area contributed by atoms with Gasteiger partial charge in [-0.1, -0.05) is 6.42 Å². The highest BCUT2D eigenvalue weighted by Crippen LogP contribution is 2.38. The van der Waals surface area contributed by atoms with Crippen molar-refractivity contribution in [2.24, 2.45) is 5.92 Å². The summed E-state index contributed by atoms with van der Waals surface area (Å²) in [6.45, 7) is 2.57. The summed E-state index contributed by atoms with van der Waals surface area (Å²) in [5.41, 5.74) is 0. The molecule has 2 nitrogen and oxygen atoms in total. The average Bonchev–Trinajstić information content (AvgIpc) is 2.69. The third-order valence-corrected chi connectivity index (χ3v) is 3.52. The molecule has 0 spiro atoms. The molecule has 2 unspecified atom stereocenters. The summed E-state index contributed by atoms with van der Waals surface area (Å²) >= 11 is 0. The van der Waals surface area contributed by atoms with Crippen LogP contribution in [-0.2, 0) is 0 Å². The number of hydrogen-bond acceptors (Lipinski definition) is 2. The van der Waals surface area contributed by atoms with Gasteiger partial charge in [-0.3, -0.25) is 4.90 Å². The third-order valence-electron chi connectivity index (χ3n) is 3.52. The monoisotopic (exact) mass is 222 g/mol. The third kappa shape index (κ3) is 2.64. The minimum atomic E-state index is -3.99. The number of nitrogens with one attached hydrogen (secondary N) is 1. The van der Waals surface area contributed by atoms with E-state index in [4.69, 9.17) is 0 Å². The highest BCUT2D eigenvalue weighted by molar-refractivity contribution is 4.85. The molecule has 0 amide bonds. The molecule has 1 saturated carbocycles. The number of alkyl halides is 3. The summed E-state index contributed by atoms with van der Waals surface area (Å²) in [5.74, 6) is -1.07. The Morgan fingerprint density at radius 2 is 2.00 bits per heavy atom. The molecule has 1 N–H and O–H groups in total. The Kier molecular flexibility index (Phi) is 3.21. The van der Waals surface area contributed by atoms with E-state index in [2.05, 4.69) is 10.2 Å². The van der Waals surface area contributed by atoms with Crippen molar-refractivity contribution in [3.05, 3.63) is 0 Å².